The molecule has 0 atom stereocenters. The van der Waals surface area contributed by atoms with Crippen LogP contribution < -0.4 is 4.74 Å². The van der Waals surface area contributed by atoms with Crippen molar-refractivity contribution in [1.82, 2.24) is 10.2 Å². The molecule has 0 fully saturated rings. The number of hydrogen-bond acceptors (Lipinski definition) is 8. The molecule has 0 unspecified atom stereocenters. The Morgan fingerprint density at radius 3 is 2.81 bits per heavy atom. The predicted octanol–water partition coefficient (Wildman–Crippen LogP) is 1.83. The van der Waals surface area contributed by atoms with Gasteiger partial charge in [-0.1, -0.05) is 0 Å². The number of nitrogens with zero attached hydrogens (tertiary/aromatic N) is 3. The highest BCUT2D eigenvalue weighted by molar-refractivity contribution is 5.84. The lowest BCUT2D eigenvalue weighted by Crippen LogP contribution is -2.04. The summed E-state index contributed by atoms with van der Waals surface area (Å²) >= 11 is 0. The molecule has 0 amide bonds. The molecule has 0 aliphatic carbocycles. The molecule has 0 spiro atoms. The normalized spacial score (nSPS) is 10.2. The zero-order valence-corrected chi connectivity index (χ0v) is 11.2. The molecule has 0 saturated heterocycles. The van der Waals surface area contributed by atoms with Crippen LogP contribution in [0.3, 0.4) is 0 Å². The average Bonchev–Trinajstić information content (AvgIpc) is 2.96. The van der Waals surface area contributed by atoms with Crippen molar-refractivity contribution in [2.45, 2.75) is 6.92 Å². The van der Waals surface area contributed by atoms with E-state index in [1.807, 2.05) is 0 Å². The monoisotopic (exact) mass is 293 g/mol. The Labute approximate surface area is 118 Å². The molecule has 1 heterocycles. The lowest BCUT2D eigenvalue weighted by atomic mass is 10.2. The van der Waals surface area contributed by atoms with E-state index >= 15 is 0 Å². The van der Waals surface area contributed by atoms with Crippen molar-refractivity contribution < 1.29 is 23.6 Å². The van der Waals surface area contributed by atoms with E-state index in [9.17, 15) is 14.9 Å². The first kappa shape index (κ1) is 14.4. The maximum Gasteiger partial charge on any atom is 0.396 e. The number of benzene rings is 1. The third-order valence-corrected chi connectivity index (χ3v) is 2.50. The van der Waals surface area contributed by atoms with Crippen molar-refractivity contribution in [2.75, 3.05) is 13.7 Å². The Bertz CT molecular complexity index is 681. The minimum atomic E-state index is -0.731. The lowest BCUT2D eigenvalue weighted by Gasteiger charge is -2.02. The standard InChI is InChI=1S/C12H11N3O6/c1-3-20-12(16)11-14-13-10(21-11)7-4-5-8(15(17)18)9(6-7)19-2/h4-6H,3H2,1-2H3. The molecule has 9 heteroatoms. The van der Waals surface area contributed by atoms with E-state index in [4.69, 9.17) is 13.9 Å². The Hall–Kier alpha value is -2.97. The van der Waals surface area contributed by atoms with Crippen LogP contribution in [-0.2, 0) is 4.74 Å². The number of nitro groups is 1. The van der Waals surface area contributed by atoms with Crippen molar-refractivity contribution in [2.24, 2.45) is 0 Å². The van der Waals surface area contributed by atoms with Gasteiger partial charge in [-0.05, 0) is 13.0 Å². The lowest BCUT2D eigenvalue weighted by molar-refractivity contribution is -0.385. The van der Waals surface area contributed by atoms with E-state index in [2.05, 4.69) is 10.2 Å². The largest absolute Gasteiger partial charge is 0.490 e. The van der Waals surface area contributed by atoms with Gasteiger partial charge in [0.2, 0.25) is 5.89 Å². The number of methoxy groups -OCH3 is 1. The fourth-order valence-electron chi connectivity index (χ4n) is 1.58. The van der Waals surface area contributed by atoms with Gasteiger partial charge < -0.3 is 13.9 Å². The summed E-state index contributed by atoms with van der Waals surface area (Å²) < 4.78 is 14.8. The molecule has 2 aromatic rings. The van der Waals surface area contributed by atoms with Gasteiger partial charge in [0, 0.05) is 17.7 Å². The second-order valence-corrected chi connectivity index (χ2v) is 3.78. The number of rotatable bonds is 5. The van der Waals surface area contributed by atoms with Crippen molar-refractivity contribution in [1.29, 1.82) is 0 Å². The molecule has 0 N–H and O–H groups in total. The Balaban J connectivity index is 2.34. The second-order valence-electron chi connectivity index (χ2n) is 3.78. The molecule has 1 aromatic heterocycles. The van der Waals surface area contributed by atoms with Crippen LogP contribution in [0.2, 0.25) is 0 Å². The fourth-order valence-corrected chi connectivity index (χ4v) is 1.58. The SMILES string of the molecule is CCOC(=O)c1nnc(-c2ccc([N+](=O)[O-])c(OC)c2)o1. The number of nitro benzene ring substituents is 1. The maximum atomic E-state index is 11.4. The van der Waals surface area contributed by atoms with Crippen LogP contribution in [0.5, 0.6) is 5.75 Å². The zero-order valence-electron chi connectivity index (χ0n) is 11.2. The van der Waals surface area contributed by atoms with Gasteiger partial charge in [-0.25, -0.2) is 4.79 Å². The quantitative estimate of drug-likeness (QED) is 0.465. The van der Waals surface area contributed by atoms with E-state index in [1.54, 1.807) is 6.92 Å². The Morgan fingerprint density at radius 1 is 1.43 bits per heavy atom. The van der Waals surface area contributed by atoms with Crippen molar-refractivity contribution in [3.05, 3.63) is 34.2 Å². The molecule has 0 saturated carbocycles. The van der Waals surface area contributed by atoms with Gasteiger partial charge in [-0.2, -0.15) is 0 Å². The fraction of sp³-hybridized carbons (Fsp3) is 0.250. The van der Waals surface area contributed by atoms with Crippen LogP contribution in [0.4, 0.5) is 5.69 Å². The predicted molar refractivity (Wildman–Crippen MR) is 68.9 cm³/mol. The molecule has 0 aliphatic rings. The molecular formula is C12H11N3O6. The van der Waals surface area contributed by atoms with Gasteiger partial charge in [0.05, 0.1) is 18.6 Å². The smallest absolute Gasteiger partial charge is 0.396 e. The van der Waals surface area contributed by atoms with Gasteiger partial charge >= 0.3 is 17.5 Å². The van der Waals surface area contributed by atoms with Gasteiger partial charge in [-0.15, -0.1) is 10.2 Å². The van der Waals surface area contributed by atoms with E-state index in [0.29, 0.717) is 5.56 Å². The molecule has 21 heavy (non-hydrogen) atoms. The first-order valence-electron chi connectivity index (χ1n) is 5.90. The molecular weight excluding hydrogens is 282 g/mol. The van der Waals surface area contributed by atoms with E-state index < -0.39 is 10.9 Å². The number of carbonyl (C=O) groups is 1. The third-order valence-electron chi connectivity index (χ3n) is 2.50. The zero-order chi connectivity index (χ0) is 15.4. The Morgan fingerprint density at radius 2 is 2.19 bits per heavy atom. The van der Waals surface area contributed by atoms with Gasteiger partial charge in [0.25, 0.3) is 0 Å². The molecule has 0 aliphatic heterocycles. The highest BCUT2D eigenvalue weighted by Crippen LogP contribution is 2.31. The Kier molecular flexibility index (Phi) is 4.12. The number of ether oxygens (including phenoxy) is 2. The number of carbonyl (C=O) groups excluding carboxylic acids is 1. The summed E-state index contributed by atoms with van der Waals surface area (Å²) in [5.74, 6) is -0.936. The van der Waals surface area contributed by atoms with Crippen LogP contribution in [-0.4, -0.2) is 34.8 Å². The van der Waals surface area contributed by atoms with Crippen LogP contribution in [0.25, 0.3) is 11.5 Å². The van der Waals surface area contributed by atoms with Crippen LogP contribution in [0.15, 0.2) is 22.6 Å². The van der Waals surface area contributed by atoms with Crippen molar-refractivity contribution in [3.8, 4) is 17.2 Å². The number of hydrogen-bond donors (Lipinski definition) is 0. The minimum absolute atomic E-state index is 0.0336. The number of aromatic nitrogens is 2. The summed E-state index contributed by atoms with van der Waals surface area (Å²) in [5, 5.41) is 18.1. The maximum absolute atomic E-state index is 11.4. The van der Waals surface area contributed by atoms with Gasteiger partial charge in [-0.3, -0.25) is 10.1 Å². The molecule has 2 rings (SSSR count). The van der Waals surface area contributed by atoms with Crippen molar-refractivity contribution >= 4 is 11.7 Å². The molecule has 1 aromatic carbocycles. The van der Waals surface area contributed by atoms with E-state index in [1.165, 1.54) is 25.3 Å². The van der Waals surface area contributed by atoms with Gasteiger partial charge in [0.1, 0.15) is 0 Å². The summed E-state index contributed by atoms with van der Waals surface area (Å²) in [4.78, 5) is 21.7. The van der Waals surface area contributed by atoms with E-state index in [-0.39, 0.29) is 29.8 Å². The summed E-state index contributed by atoms with van der Waals surface area (Å²) in [6, 6.07) is 4.05. The molecule has 9 nitrogen and oxygen atoms in total. The summed E-state index contributed by atoms with van der Waals surface area (Å²) in [5.41, 5.74) is 0.201. The highest BCUT2D eigenvalue weighted by atomic mass is 16.6. The number of esters is 1. The van der Waals surface area contributed by atoms with Crippen molar-refractivity contribution in [3.63, 3.8) is 0 Å². The topological polar surface area (TPSA) is 118 Å². The minimum Gasteiger partial charge on any atom is -0.490 e. The highest BCUT2D eigenvalue weighted by Gasteiger charge is 2.20. The van der Waals surface area contributed by atoms with Gasteiger partial charge in [0.15, 0.2) is 5.75 Å². The van der Waals surface area contributed by atoms with Crippen LogP contribution in [0, 0.1) is 10.1 Å². The van der Waals surface area contributed by atoms with Crippen LogP contribution >= 0.6 is 0 Å². The molecule has 110 valence electrons. The van der Waals surface area contributed by atoms with Crippen LogP contribution in [0.1, 0.15) is 17.6 Å². The van der Waals surface area contributed by atoms with E-state index in [0.717, 1.165) is 0 Å². The summed E-state index contributed by atoms with van der Waals surface area (Å²) in [6.45, 7) is 1.83. The molecule has 0 radical (unpaired) electrons. The summed E-state index contributed by atoms with van der Waals surface area (Å²) in [6.07, 6.45) is 0. The second kappa shape index (κ2) is 5.99. The first-order valence-corrected chi connectivity index (χ1v) is 5.90. The third kappa shape index (κ3) is 2.96. The first-order chi connectivity index (χ1) is 10.1. The molecule has 0 bridgehead atoms. The average molecular weight is 293 g/mol. The summed E-state index contributed by atoms with van der Waals surface area (Å²) in [7, 11) is 1.31.